The van der Waals surface area contributed by atoms with Crippen molar-refractivity contribution < 1.29 is 57.4 Å². The van der Waals surface area contributed by atoms with Crippen LogP contribution < -0.4 is 0 Å². The van der Waals surface area contributed by atoms with Crippen LogP contribution in [0.3, 0.4) is 0 Å². The minimum absolute atomic E-state index is 0. The summed E-state index contributed by atoms with van der Waals surface area (Å²) in [5, 5.41) is 0. The lowest BCUT2D eigenvalue weighted by molar-refractivity contribution is -0.0527. The fourth-order valence-corrected chi connectivity index (χ4v) is 3.89. The van der Waals surface area contributed by atoms with E-state index >= 15 is 0 Å². The highest BCUT2D eigenvalue weighted by atomic mass is 32.2. The first-order valence-electron chi connectivity index (χ1n) is 11.0. The van der Waals surface area contributed by atoms with Crippen molar-refractivity contribution in [3.8, 4) is 0 Å². The Bertz CT molecular complexity index is 748. The van der Waals surface area contributed by atoms with E-state index in [4.69, 9.17) is 13.0 Å². The first-order chi connectivity index (χ1) is 17.2. The standard InChI is InChI=1S/2C7H18N2S.C2H3F3O3S.C2H6.CHF3O3S.CH4.H2O/c2*1-6-10-7(8(2)3)9(4)5;1-8-9(6,7)2(3,4)5;1-2;2-1(3,4)8(5,6)7;;/h2*7H,6H2,1-5H3;1H3;1-2H3;(H,5,6,7);1H4;1H2. The van der Waals surface area contributed by atoms with Gasteiger partial charge < -0.3 is 5.48 Å². The lowest BCUT2D eigenvalue weighted by Gasteiger charge is -2.29. The Hall–Kier alpha value is -0.100. The zero-order chi connectivity index (χ0) is 33.0. The number of thioether (sulfide) groups is 2. The maximum absolute atomic E-state index is 11.1. The third-order valence-corrected chi connectivity index (χ3v) is 7.73. The van der Waals surface area contributed by atoms with E-state index in [0.717, 1.165) is 0 Å². The highest BCUT2D eigenvalue weighted by molar-refractivity contribution is 7.99. The van der Waals surface area contributed by atoms with Gasteiger partial charge in [-0.3, -0.25) is 28.3 Å². The first kappa shape index (κ1) is 56.7. The molecule has 0 aliphatic heterocycles. The van der Waals surface area contributed by atoms with Gasteiger partial charge in [0.2, 0.25) is 0 Å². The van der Waals surface area contributed by atoms with Crippen LogP contribution in [0.5, 0.6) is 0 Å². The molecule has 41 heavy (non-hydrogen) atoms. The molecule has 11 nitrogen and oxygen atoms in total. The predicted octanol–water partition coefficient (Wildman–Crippen LogP) is 4.01. The van der Waals surface area contributed by atoms with Gasteiger partial charge in [0, 0.05) is 0 Å². The third kappa shape index (κ3) is 31.1. The topological polar surface area (TPSA) is 142 Å². The zero-order valence-corrected chi connectivity index (χ0v) is 28.5. The van der Waals surface area contributed by atoms with Gasteiger partial charge in [-0.1, -0.05) is 35.1 Å². The highest BCUT2D eigenvalue weighted by Crippen LogP contribution is 2.23. The molecule has 0 aromatic heterocycles. The van der Waals surface area contributed by atoms with Crippen molar-refractivity contribution in [3.05, 3.63) is 0 Å². The molecule has 0 bridgehead atoms. The van der Waals surface area contributed by atoms with Crippen molar-refractivity contribution in [2.45, 2.75) is 57.1 Å². The minimum Gasteiger partial charge on any atom is -0.412 e. The molecule has 0 saturated carbocycles. The number of alkyl halides is 6. The zero-order valence-electron chi connectivity index (χ0n) is 25.2. The van der Waals surface area contributed by atoms with Gasteiger partial charge in [0.1, 0.15) is 11.0 Å². The molecular weight excluding hydrogens is 650 g/mol. The Morgan fingerprint density at radius 2 is 0.878 bits per heavy atom. The number of rotatable bonds is 9. The number of hydrogen-bond donors (Lipinski definition) is 1. The van der Waals surface area contributed by atoms with Gasteiger partial charge in [-0.2, -0.15) is 43.2 Å². The van der Waals surface area contributed by atoms with Crippen LogP contribution in [0.15, 0.2) is 0 Å². The predicted molar refractivity (Wildman–Crippen MR) is 160 cm³/mol. The van der Waals surface area contributed by atoms with Crippen molar-refractivity contribution in [1.82, 2.24) is 19.6 Å². The van der Waals surface area contributed by atoms with Crippen molar-refractivity contribution in [2.24, 2.45) is 0 Å². The van der Waals surface area contributed by atoms with Gasteiger partial charge in [0.25, 0.3) is 0 Å². The monoisotopic (exact) mass is 702 g/mol. The van der Waals surface area contributed by atoms with E-state index in [0.29, 0.717) is 18.1 Å². The second-order valence-corrected chi connectivity index (χ2v) is 13.2. The fourth-order valence-electron chi connectivity index (χ4n) is 1.91. The summed E-state index contributed by atoms with van der Waals surface area (Å²) in [6, 6.07) is 0. The lowest BCUT2D eigenvalue weighted by atomic mass is 10.8. The molecule has 0 aromatic rings. The highest BCUT2D eigenvalue weighted by Gasteiger charge is 2.46. The number of nitrogens with zero attached hydrogens (tertiary/aromatic N) is 4. The van der Waals surface area contributed by atoms with Gasteiger partial charge >= 0.3 is 31.3 Å². The molecule has 21 heteroatoms. The molecule has 0 saturated heterocycles. The summed E-state index contributed by atoms with van der Waals surface area (Å²) in [7, 11) is 6.11. The van der Waals surface area contributed by atoms with Crippen molar-refractivity contribution in [1.29, 1.82) is 0 Å². The van der Waals surface area contributed by atoms with E-state index in [1.54, 1.807) is 0 Å². The van der Waals surface area contributed by atoms with Crippen LogP contribution in [0.1, 0.15) is 35.1 Å². The van der Waals surface area contributed by atoms with Crippen LogP contribution in [-0.2, 0) is 24.4 Å². The summed E-state index contributed by atoms with van der Waals surface area (Å²) in [4.78, 5) is 8.87. The van der Waals surface area contributed by atoms with Crippen LogP contribution >= 0.6 is 23.5 Å². The molecule has 0 fully saturated rings. The summed E-state index contributed by atoms with van der Waals surface area (Å²) in [5.74, 6) is 2.34. The second kappa shape index (κ2) is 27.4. The Morgan fingerprint density at radius 1 is 0.683 bits per heavy atom. The normalized spacial score (nSPS) is 11.8. The van der Waals surface area contributed by atoms with E-state index in [1.807, 2.05) is 37.4 Å². The van der Waals surface area contributed by atoms with E-state index in [9.17, 15) is 34.8 Å². The minimum atomic E-state index is -5.84. The summed E-state index contributed by atoms with van der Waals surface area (Å²) < 4.78 is 113. The fraction of sp³-hybridized carbons (Fsp3) is 1.00. The summed E-state index contributed by atoms with van der Waals surface area (Å²) >= 11 is 3.89. The van der Waals surface area contributed by atoms with Gasteiger partial charge in [0.15, 0.2) is 0 Å². The molecule has 0 radical (unpaired) electrons. The molecular formula is C20H52F6N4O7S4. The third-order valence-electron chi connectivity index (χ3n) is 3.19. The Morgan fingerprint density at radius 3 is 0.902 bits per heavy atom. The Balaban J connectivity index is -0.0000000727. The van der Waals surface area contributed by atoms with Crippen LogP contribution in [-0.4, -0.2) is 143 Å². The van der Waals surface area contributed by atoms with Crippen LogP contribution in [0.2, 0.25) is 0 Å². The van der Waals surface area contributed by atoms with Crippen LogP contribution in [0, 0.1) is 0 Å². The molecule has 260 valence electrons. The Labute approximate surface area is 252 Å². The number of hydrogen-bond acceptors (Lipinski definition) is 11. The van der Waals surface area contributed by atoms with E-state index in [2.05, 4.69) is 94.0 Å². The molecule has 3 N–H and O–H groups in total. The van der Waals surface area contributed by atoms with Crippen LogP contribution in [0.4, 0.5) is 26.3 Å². The maximum atomic E-state index is 11.1. The van der Waals surface area contributed by atoms with Gasteiger partial charge in [0.05, 0.1) is 7.11 Å². The van der Waals surface area contributed by atoms with Crippen molar-refractivity contribution >= 4 is 43.8 Å². The SMILES string of the molecule is C.CC.CCSC(N(C)C)N(C)C.CCSC(N(C)C)N(C)C.COS(=O)(=O)C(F)(F)F.O.O=S(=O)(O)C(F)(F)F. The molecule has 0 unspecified atom stereocenters. The van der Waals surface area contributed by atoms with Gasteiger partial charge in [-0.25, -0.2) is 0 Å². The lowest BCUT2D eigenvalue weighted by Crippen LogP contribution is -2.37. The molecule has 0 rings (SSSR count). The molecule has 0 atom stereocenters. The van der Waals surface area contributed by atoms with Crippen molar-refractivity contribution in [2.75, 3.05) is 75.0 Å². The molecule has 0 spiro atoms. The Kier molecular flexibility index (Phi) is 37.9. The smallest absolute Gasteiger partial charge is 0.412 e. The quantitative estimate of drug-likeness (QED) is 0.122. The maximum Gasteiger partial charge on any atom is 0.523 e. The van der Waals surface area contributed by atoms with Gasteiger partial charge in [-0.15, -0.1) is 23.5 Å². The molecule has 0 heterocycles. The number of halogens is 6. The summed E-state index contributed by atoms with van der Waals surface area (Å²) in [6.07, 6.45) is 0. The largest absolute Gasteiger partial charge is 0.523 e. The van der Waals surface area contributed by atoms with Crippen molar-refractivity contribution in [3.63, 3.8) is 0 Å². The average Bonchev–Trinajstić information content (AvgIpc) is 2.75. The van der Waals surface area contributed by atoms with E-state index in [1.165, 1.54) is 11.5 Å². The molecule has 0 aromatic carbocycles. The van der Waals surface area contributed by atoms with Crippen LogP contribution in [0.25, 0.3) is 0 Å². The van der Waals surface area contributed by atoms with E-state index in [-0.39, 0.29) is 12.9 Å². The molecule has 0 aliphatic rings. The second-order valence-electron chi connectivity index (χ2n) is 7.41. The summed E-state index contributed by atoms with van der Waals surface area (Å²) in [5.41, 5.74) is -9.80. The summed E-state index contributed by atoms with van der Waals surface area (Å²) in [6.45, 7) is 8.37. The molecule has 0 aliphatic carbocycles. The van der Waals surface area contributed by atoms with Gasteiger partial charge in [-0.05, 0) is 67.9 Å². The molecule has 0 amide bonds. The first-order valence-corrected chi connectivity index (χ1v) is 16.0. The average molecular weight is 703 g/mol. The van der Waals surface area contributed by atoms with E-state index < -0.39 is 31.3 Å².